The molecule has 0 amide bonds. The van der Waals surface area contributed by atoms with Crippen LogP contribution in [0.2, 0.25) is 5.02 Å². The molecule has 0 radical (unpaired) electrons. The van der Waals surface area contributed by atoms with Gasteiger partial charge in [-0.1, -0.05) is 22.9 Å². The van der Waals surface area contributed by atoms with Gasteiger partial charge in [0.15, 0.2) is 15.0 Å². The number of hydrogen-bond donors (Lipinski definition) is 1. The summed E-state index contributed by atoms with van der Waals surface area (Å²) in [5.41, 5.74) is 0.494. The zero-order valence-corrected chi connectivity index (χ0v) is 16.8. The Kier molecular flexibility index (Phi) is 4.86. The van der Waals surface area contributed by atoms with Crippen molar-refractivity contribution in [3.05, 3.63) is 41.4 Å². The maximum atomic E-state index is 12.5. The van der Waals surface area contributed by atoms with E-state index in [0.29, 0.717) is 15.2 Å². The number of fused-ring (bicyclic) bond motifs is 1. The molecule has 0 saturated carbocycles. The first kappa shape index (κ1) is 18.9. The molecule has 26 heavy (non-hydrogen) atoms. The summed E-state index contributed by atoms with van der Waals surface area (Å²) in [6.45, 7) is 0. The molecule has 0 aliphatic heterocycles. The highest BCUT2D eigenvalue weighted by Crippen LogP contribution is 2.31. The molecule has 1 heterocycles. The van der Waals surface area contributed by atoms with E-state index in [1.807, 2.05) is 0 Å². The molecule has 0 aliphatic carbocycles. The topological polar surface area (TPSA) is 102 Å². The van der Waals surface area contributed by atoms with E-state index >= 15 is 0 Å². The third kappa shape index (κ3) is 3.78. The number of rotatable bonds is 5. The molecule has 138 valence electrons. The summed E-state index contributed by atoms with van der Waals surface area (Å²) >= 11 is 6.95. The van der Waals surface area contributed by atoms with Crippen LogP contribution in [0.1, 0.15) is 0 Å². The van der Waals surface area contributed by atoms with Gasteiger partial charge in [-0.3, -0.25) is 4.72 Å². The third-order valence-electron chi connectivity index (χ3n) is 3.44. The first-order valence-electron chi connectivity index (χ1n) is 7.07. The van der Waals surface area contributed by atoms with Crippen molar-refractivity contribution in [3.63, 3.8) is 0 Å². The lowest BCUT2D eigenvalue weighted by Crippen LogP contribution is -2.12. The summed E-state index contributed by atoms with van der Waals surface area (Å²) in [4.78, 5) is 4.29. The van der Waals surface area contributed by atoms with Crippen molar-refractivity contribution in [1.82, 2.24) is 4.98 Å². The second-order valence-corrected chi connectivity index (χ2v) is 10.5. The largest absolute Gasteiger partial charge is 0.495 e. The van der Waals surface area contributed by atoms with Crippen LogP contribution in [0.25, 0.3) is 10.2 Å². The molecule has 3 aromatic rings. The Bertz CT molecular complexity index is 1200. The Hall–Kier alpha value is -1.88. The van der Waals surface area contributed by atoms with E-state index < -0.39 is 19.9 Å². The quantitative estimate of drug-likeness (QED) is 0.664. The molecule has 0 unspecified atom stereocenters. The smallest absolute Gasteiger partial charge is 0.263 e. The minimum absolute atomic E-state index is 0.0326. The predicted octanol–water partition coefficient (Wildman–Crippen LogP) is 3.16. The molecule has 0 spiro atoms. The number of hydrogen-bond acceptors (Lipinski definition) is 7. The summed E-state index contributed by atoms with van der Waals surface area (Å²) in [5.74, 6) is 0.233. The van der Waals surface area contributed by atoms with Crippen molar-refractivity contribution in [2.75, 3.05) is 18.1 Å². The molecule has 0 aliphatic rings. The Morgan fingerprint density at radius 3 is 2.42 bits per heavy atom. The number of anilines is 1. The van der Waals surface area contributed by atoms with E-state index in [4.69, 9.17) is 16.3 Å². The van der Waals surface area contributed by atoms with Gasteiger partial charge < -0.3 is 4.74 Å². The highest BCUT2D eigenvalue weighted by Gasteiger charge is 2.19. The fraction of sp³-hybridized carbons (Fsp3) is 0.133. The van der Waals surface area contributed by atoms with Gasteiger partial charge in [-0.05, 0) is 30.3 Å². The number of sulfone groups is 1. The first-order valence-corrected chi connectivity index (χ1v) is 11.6. The van der Waals surface area contributed by atoms with Crippen LogP contribution in [0.4, 0.5) is 5.13 Å². The Morgan fingerprint density at radius 1 is 1.08 bits per heavy atom. The van der Waals surface area contributed by atoms with Gasteiger partial charge in [-0.2, -0.15) is 0 Å². The standard InChI is InChI=1S/C15H13ClN2O5S3/c1-23-13-7-10(3-5-11(13)16)26(21,22)18-15-17-12-6-4-9(25(2,19)20)8-14(12)24-15/h3-8H,1-2H3,(H,17,18). The second-order valence-electron chi connectivity index (χ2n) is 5.32. The van der Waals surface area contributed by atoms with E-state index in [1.54, 1.807) is 0 Å². The summed E-state index contributed by atoms with van der Waals surface area (Å²) < 4.78 is 56.3. The fourth-order valence-corrected chi connectivity index (χ4v) is 5.23. The van der Waals surface area contributed by atoms with Crippen LogP contribution in [-0.4, -0.2) is 35.2 Å². The minimum Gasteiger partial charge on any atom is -0.495 e. The number of aromatic nitrogens is 1. The Labute approximate surface area is 159 Å². The van der Waals surface area contributed by atoms with Gasteiger partial charge in [-0.25, -0.2) is 21.8 Å². The van der Waals surface area contributed by atoms with E-state index in [9.17, 15) is 16.8 Å². The van der Waals surface area contributed by atoms with Crippen LogP contribution in [0.5, 0.6) is 5.75 Å². The van der Waals surface area contributed by atoms with E-state index in [0.717, 1.165) is 17.6 Å². The lowest BCUT2D eigenvalue weighted by atomic mass is 10.3. The minimum atomic E-state index is -3.91. The van der Waals surface area contributed by atoms with Gasteiger partial charge >= 0.3 is 0 Å². The van der Waals surface area contributed by atoms with Crippen LogP contribution in [0.3, 0.4) is 0 Å². The maximum Gasteiger partial charge on any atom is 0.263 e. The molecule has 0 bridgehead atoms. The van der Waals surface area contributed by atoms with Crippen LogP contribution >= 0.6 is 22.9 Å². The molecule has 7 nitrogen and oxygen atoms in total. The van der Waals surface area contributed by atoms with E-state index in [1.165, 1.54) is 43.5 Å². The number of sulfonamides is 1. The second kappa shape index (κ2) is 6.69. The highest BCUT2D eigenvalue weighted by atomic mass is 35.5. The van der Waals surface area contributed by atoms with Crippen LogP contribution < -0.4 is 9.46 Å². The molecule has 3 rings (SSSR count). The molecule has 1 aromatic heterocycles. The van der Waals surface area contributed by atoms with E-state index in [2.05, 4.69) is 9.71 Å². The van der Waals surface area contributed by atoms with Crippen LogP contribution in [0.15, 0.2) is 46.2 Å². The van der Waals surface area contributed by atoms with Gasteiger partial charge in [0.1, 0.15) is 5.75 Å². The molecule has 0 fully saturated rings. The monoisotopic (exact) mass is 432 g/mol. The van der Waals surface area contributed by atoms with Gasteiger partial charge in [0.2, 0.25) is 0 Å². The zero-order valence-electron chi connectivity index (χ0n) is 13.6. The normalized spacial score (nSPS) is 12.3. The van der Waals surface area contributed by atoms with Gasteiger partial charge in [0, 0.05) is 12.3 Å². The van der Waals surface area contributed by atoms with Crippen LogP contribution in [-0.2, 0) is 19.9 Å². The van der Waals surface area contributed by atoms with E-state index in [-0.39, 0.29) is 20.7 Å². The van der Waals surface area contributed by atoms with Crippen molar-refractivity contribution in [2.24, 2.45) is 0 Å². The zero-order chi connectivity index (χ0) is 19.1. The number of benzene rings is 2. The molecule has 1 N–H and O–H groups in total. The lowest BCUT2D eigenvalue weighted by molar-refractivity contribution is 0.413. The molecular formula is C15H13ClN2O5S3. The summed E-state index contributed by atoms with van der Waals surface area (Å²) in [6, 6.07) is 8.50. The van der Waals surface area contributed by atoms with Crippen molar-refractivity contribution in [1.29, 1.82) is 0 Å². The summed E-state index contributed by atoms with van der Waals surface area (Å²) in [6.07, 6.45) is 1.10. The molecule has 0 atom stereocenters. The average Bonchev–Trinajstić information content (AvgIpc) is 2.94. The molecule has 2 aromatic carbocycles. The number of nitrogens with one attached hydrogen (secondary N) is 1. The number of thiazole rings is 1. The SMILES string of the molecule is COc1cc(S(=O)(=O)Nc2nc3ccc(S(C)(=O)=O)cc3s2)ccc1Cl. The molecule has 11 heteroatoms. The summed E-state index contributed by atoms with van der Waals surface area (Å²) in [7, 11) is -5.88. The number of nitrogens with zero attached hydrogens (tertiary/aromatic N) is 1. The lowest BCUT2D eigenvalue weighted by Gasteiger charge is -2.08. The summed E-state index contributed by atoms with van der Waals surface area (Å²) in [5, 5.41) is 0.416. The number of halogens is 1. The van der Waals surface area contributed by atoms with Crippen molar-refractivity contribution < 1.29 is 21.6 Å². The number of methoxy groups -OCH3 is 1. The Morgan fingerprint density at radius 2 is 1.77 bits per heavy atom. The van der Waals surface area contributed by atoms with Gasteiger partial charge in [-0.15, -0.1) is 0 Å². The number of ether oxygens (including phenoxy) is 1. The molecule has 0 saturated heterocycles. The van der Waals surface area contributed by atoms with Crippen molar-refractivity contribution >= 4 is 58.1 Å². The Balaban J connectivity index is 1.97. The first-order chi connectivity index (χ1) is 12.1. The maximum absolute atomic E-state index is 12.5. The van der Waals surface area contributed by atoms with Gasteiger partial charge in [0.25, 0.3) is 10.0 Å². The fourth-order valence-electron chi connectivity index (χ4n) is 2.16. The van der Waals surface area contributed by atoms with Crippen molar-refractivity contribution in [3.8, 4) is 5.75 Å². The molecular weight excluding hydrogens is 420 g/mol. The van der Waals surface area contributed by atoms with Gasteiger partial charge in [0.05, 0.1) is 32.1 Å². The highest BCUT2D eigenvalue weighted by molar-refractivity contribution is 7.93. The average molecular weight is 433 g/mol. The third-order valence-corrected chi connectivity index (χ3v) is 7.26. The predicted molar refractivity (Wildman–Crippen MR) is 102 cm³/mol. The van der Waals surface area contributed by atoms with Crippen LogP contribution in [0, 0.1) is 0 Å². The van der Waals surface area contributed by atoms with Crippen molar-refractivity contribution in [2.45, 2.75) is 9.79 Å².